The second-order valence-corrected chi connectivity index (χ2v) is 2.88. The van der Waals surface area contributed by atoms with Gasteiger partial charge in [-0.05, 0) is 13.3 Å². The molecule has 2 atom stereocenters. The smallest absolute Gasteiger partial charge is 0.0839 e. The molecule has 0 aromatic rings. The van der Waals surface area contributed by atoms with E-state index in [1.165, 1.54) is 25.7 Å². The number of hydrogen-bond donors (Lipinski definition) is 0. The molecule has 11 heavy (non-hydrogen) atoms. The Labute approximate surface area is 71.1 Å². The fourth-order valence-corrected chi connectivity index (χ4v) is 1.13. The lowest BCUT2D eigenvalue weighted by atomic mass is 10.1. The fourth-order valence-electron chi connectivity index (χ4n) is 1.13. The van der Waals surface area contributed by atoms with Crippen LogP contribution in [0.3, 0.4) is 0 Å². The molecular formula is C10H22O. The van der Waals surface area contributed by atoms with E-state index < -0.39 is 0 Å². The summed E-state index contributed by atoms with van der Waals surface area (Å²) >= 11 is 0. The Kier molecular flexibility index (Phi) is 6.63. The lowest BCUT2D eigenvalue weighted by molar-refractivity contribution is 0.365. The predicted molar refractivity (Wildman–Crippen MR) is 49.8 cm³/mol. The van der Waals surface area contributed by atoms with E-state index in [9.17, 15) is 0 Å². The maximum absolute atomic E-state index is 5.26. The Morgan fingerprint density at radius 1 is 1.18 bits per heavy atom. The zero-order chi connectivity index (χ0) is 8.69. The zero-order valence-electron chi connectivity index (χ0n) is 8.39. The fraction of sp³-hybridized carbons (Fsp3) is 1.00. The molecule has 0 N–H and O–H groups in total. The summed E-state index contributed by atoms with van der Waals surface area (Å²) in [5.74, 6) is 0. The third-order valence-electron chi connectivity index (χ3n) is 1.93. The average molecular weight is 158 g/mol. The van der Waals surface area contributed by atoms with Gasteiger partial charge in [-0.15, -0.1) is 0 Å². The van der Waals surface area contributed by atoms with Crippen molar-refractivity contribution in [3.63, 3.8) is 0 Å². The highest BCUT2D eigenvalue weighted by Gasteiger charge is 2.32. The van der Waals surface area contributed by atoms with Gasteiger partial charge in [-0.25, -0.2) is 0 Å². The molecule has 0 radical (unpaired) electrons. The van der Waals surface area contributed by atoms with Crippen molar-refractivity contribution in [2.45, 2.75) is 65.6 Å². The molecule has 0 saturated carbocycles. The van der Waals surface area contributed by atoms with Crippen molar-refractivity contribution in [3.8, 4) is 0 Å². The molecule has 0 aromatic heterocycles. The van der Waals surface area contributed by atoms with E-state index in [-0.39, 0.29) is 0 Å². The van der Waals surface area contributed by atoms with Crippen LogP contribution < -0.4 is 0 Å². The molecule has 0 spiro atoms. The van der Waals surface area contributed by atoms with E-state index in [0.717, 1.165) is 0 Å². The Hall–Kier alpha value is -0.0400. The van der Waals surface area contributed by atoms with Gasteiger partial charge in [0, 0.05) is 0 Å². The van der Waals surface area contributed by atoms with Gasteiger partial charge in [0.2, 0.25) is 0 Å². The minimum Gasteiger partial charge on any atom is -0.370 e. The van der Waals surface area contributed by atoms with Gasteiger partial charge in [-0.3, -0.25) is 0 Å². The molecule has 1 rings (SSSR count). The van der Waals surface area contributed by atoms with Gasteiger partial charge in [-0.1, -0.05) is 40.0 Å². The lowest BCUT2D eigenvalue weighted by Gasteiger charge is -1.91. The highest BCUT2D eigenvalue weighted by molar-refractivity contribution is 4.79. The van der Waals surface area contributed by atoms with Crippen LogP contribution in [0.2, 0.25) is 0 Å². The summed E-state index contributed by atoms with van der Waals surface area (Å²) in [7, 11) is 0. The van der Waals surface area contributed by atoms with Crippen LogP contribution in [0.5, 0.6) is 0 Å². The van der Waals surface area contributed by atoms with Gasteiger partial charge in [0.05, 0.1) is 12.2 Å². The summed E-state index contributed by atoms with van der Waals surface area (Å²) in [6.07, 6.45) is 6.52. The highest BCUT2D eigenvalue weighted by atomic mass is 16.6. The first kappa shape index (κ1) is 11.0. The van der Waals surface area contributed by atoms with Crippen molar-refractivity contribution in [1.29, 1.82) is 0 Å². The van der Waals surface area contributed by atoms with E-state index in [0.29, 0.717) is 12.2 Å². The number of epoxide rings is 1. The molecular weight excluding hydrogens is 136 g/mol. The van der Waals surface area contributed by atoms with Crippen molar-refractivity contribution < 1.29 is 4.74 Å². The molecule has 1 fully saturated rings. The van der Waals surface area contributed by atoms with Crippen LogP contribution in [0.15, 0.2) is 0 Å². The van der Waals surface area contributed by atoms with E-state index >= 15 is 0 Å². The summed E-state index contributed by atoms with van der Waals surface area (Å²) < 4.78 is 5.26. The van der Waals surface area contributed by atoms with Gasteiger partial charge in [0.15, 0.2) is 0 Å². The molecule has 68 valence electrons. The van der Waals surface area contributed by atoms with E-state index in [1.54, 1.807) is 0 Å². The van der Waals surface area contributed by atoms with Crippen molar-refractivity contribution in [2.75, 3.05) is 0 Å². The Morgan fingerprint density at radius 3 is 2.09 bits per heavy atom. The van der Waals surface area contributed by atoms with Crippen LogP contribution >= 0.6 is 0 Å². The Bertz CT molecular complexity index is 80.9. The van der Waals surface area contributed by atoms with E-state index in [4.69, 9.17) is 4.74 Å². The second-order valence-electron chi connectivity index (χ2n) is 2.88. The molecule has 0 amide bonds. The zero-order valence-corrected chi connectivity index (χ0v) is 8.39. The average Bonchev–Trinajstić information content (AvgIpc) is 2.72. The predicted octanol–water partition coefficient (Wildman–Crippen LogP) is 3.38. The molecule has 0 aliphatic carbocycles. The Morgan fingerprint density at radius 2 is 1.73 bits per heavy atom. The largest absolute Gasteiger partial charge is 0.370 e. The van der Waals surface area contributed by atoms with Crippen molar-refractivity contribution in [1.82, 2.24) is 0 Å². The van der Waals surface area contributed by atoms with Crippen LogP contribution in [-0.2, 0) is 4.74 Å². The minimum absolute atomic E-state index is 0.571. The van der Waals surface area contributed by atoms with Crippen molar-refractivity contribution in [3.05, 3.63) is 0 Å². The summed E-state index contributed by atoms with van der Waals surface area (Å²) in [6.45, 7) is 8.38. The molecule has 1 heteroatoms. The number of hydrogen-bond acceptors (Lipinski definition) is 1. The third kappa shape index (κ3) is 5.25. The molecule has 1 saturated heterocycles. The maximum atomic E-state index is 5.26. The van der Waals surface area contributed by atoms with E-state index in [2.05, 4.69) is 13.8 Å². The van der Waals surface area contributed by atoms with Gasteiger partial charge in [0.1, 0.15) is 0 Å². The van der Waals surface area contributed by atoms with Gasteiger partial charge in [-0.2, -0.15) is 0 Å². The van der Waals surface area contributed by atoms with Gasteiger partial charge in [0.25, 0.3) is 0 Å². The number of unbranched alkanes of at least 4 members (excludes halogenated alkanes) is 2. The van der Waals surface area contributed by atoms with Crippen molar-refractivity contribution >= 4 is 0 Å². The quantitative estimate of drug-likeness (QED) is 0.451. The number of ether oxygens (including phenoxy) is 1. The van der Waals surface area contributed by atoms with Crippen LogP contribution in [0.4, 0.5) is 0 Å². The van der Waals surface area contributed by atoms with Crippen LogP contribution in [0.1, 0.15) is 53.4 Å². The summed E-state index contributed by atoms with van der Waals surface area (Å²) in [5.41, 5.74) is 0. The first-order chi connectivity index (χ1) is 5.34. The molecule has 1 aliphatic heterocycles. The summed E-state index contributed by atoms with van der Waals surface area (Å²) in [5, 5.41) is 0. The van der Waals surface area contributed by atoms with Crippen LogP contribution in [0, 0.1) is 0 Å². The van der Waals surface area contributed by atoms with Gasteiger partial charge < -0.3 is 4.74 Å². The standard InChI is InChI=1S/C8H16O.C2H6/c1-3-4-5-6-8-7(2)9-8;1-2/h7-8H,3-6H2,1-2H3;1-2H3. The molecule has 2 unspecified atom stereocenters. The monoisotopic (exact) mass is 158 g/mol. The van der Waals surface area contributed by atoms with E-state index in [1.807, 2.05) is 13.8 Å². The first-order valence-corrected chi connectivity index (χ1v) is 5.00. The molecule has 1 heterocycles. The molecule has 0 bridgehead atoms. The second kappa shape index (κ2) is 6.66. The van der Waals surface area contributed by atoms with Crippen LogP contribution in [0.25, 0.3) is 0 Å². The topological polar surface area (TPSA) is 12.5 Å². The molecule has 1 nitrogen and oxygen atoms in total. The normalized spacial score (nSPS) is 27.3. The Balaban J connectivity index is 0.000000461. The maximum Gasteiger partial charge on any atom is 0.0839 e. The summed E-state index contributed by atoms with van der Waals surface area (Å²) in [4.78, 5) is 0. The first-order valence-electron chi connectivity index (χ1n) is 5.00. The van der Waals surface area contributed by atoms with Crippen LogP contribution in [-0.4, -0.2) is 12.2 Å². The molecule has 0 aromatic carbocycles. The molecule has 1 aliphatic rings. The van der Waals surface area contributed by atoms with Gasteiger partial charge >= 0.3 is 0 Å². The number of rotatable bonds is 4. The third-order valence-corrected chi connectivity index (χ3v) is 1.93. The summed E-state index contributed by atoms with van der Waals surface area (Å²) in [6, 6.07) is 0. The highest BCUT2D eigenvalue weighted by Crippen LogP contribution is 2.26. The minimum atomic E-state index is 0.571. The lowest BCUT2D eigenvalue weighted by Crippen LogP contribution is -1.88. The van der Waals surface area contributed by atoms with Crippen molar-refractivity contribution in [2.24, 2.45) is 0 Å². The SMILES string of the molecule is CC.CCCCCC1OC1C.